The maximum atomic E-state index is 12.2. The number of rotatable bonds is 6. The minimum absolute atomic E-state index is 0.192. The van der Waals surface area contributed by atoms with Crippen LogP contribution in [0.25, 0.3) is 0 Å². The number of aromatic nitrogens is 3. The van der Waals surface area contributed by atoms with Crippen molar-refractivity contribution in [3.63, 3.8) is 0 Å². The number of pyridine rings is 1. The van der Waals surface area contributed by atoms with Crippen LogP contribution in [0.5, 0.6) is 0 Å². The van der Waals surface area contributed by atoms with Gasteiger partial charge in [0.1, 0.15) is 0 Å². The minimum atomic E-state index is -0.213. The lowest BCUT2D eigenvalue weighted by Crippen LogP contribution is -2.15. The number of amides is 1. The molecular formula is C19H18Cl2N4OS. The van der Waals surface area contributed by atoms with Gasteiger partial charge in [0.2, 0.25) is 5.91 Å². The van der Waals surface area contributed by atoms with Gasteiger partial charge < -0.3 is 10.3 Å². The van der Waals surface area contributed by atoms with Crippen LogP contribution in [-0.4, -0.2) is 26.6 Å². The van der Waals surface area contributed by atoms with Crippen LogP contribution in [0.15, 0.2) is 41.7 Å². The third-order valence-electron chi connectivity index (χ3n) is 3.98. The van der Waals surface area contributed by atoms with Gasteiger partial charge in [0.05, 0.1) is 21.5 Å². The van der Waals surface area contributed by atoms with E-state index in [0.29, 0.717) is 26.6 Å². The molecule has 0 bridgehead atoms. The summed E-state index contributed by atoms with van der Waals surface area (Å²) < 4.78 is 0. The summed E-state index contributed by atoms with van der Waals surface area (Å²) in [6, 6.07) is 10.1. The van der Waals surface area contributed by atoms with Crippen LogP contribution < -0.4 is 5.32 Å². The van der Waals surface area contributed by atoms with E-state index in [1.165, 1.54) is 23.5 Å². The largest absolute Gasteiger partial charge is 0.337 e. The Balaban J connectivity index is 1.59. The summed E-state index contributed by atoms with van der Waals surface area (Å²) in [5.41, 5.74) is 3.85. The van der Waals surface area contributed by atoms with E-state index < -0.39 is 0 Å². The number of carbonyl (C=O) groups excluding carboxylic acids is 1. The second-order valence-electron chi connectivity index (χ2n) is 6.01. The van der Waals surface area contributed by atoms with E-state index in [1.54, 1.807) is 6.92 Å². The van der Waals surface area contributed by atoms with Crippen LogP contribution >= 0.6 is 35.0 Å². The van der Waals surface area contributed by atoms with Gasteiger partial charge in [-0.25, -0.2) is 9.97 Å². The van der Waals surface area contributed by atoms with Crippen molar-refractivity contribution in [1.82, 2.24) is 15.0 Å². The van der Waals surface area contributed by atoms with Gasteiger partial charge in [-0.05, 0) is 25.0 Å². The Morgan fingerprint density at radius 2 is 1.96 bits per heavy atom. The van der Waals surface area contributed by atoms with E-state index in [2.05, 4.69) is 32.4 Å². The average Bonchev–Trinajstić information content (AvgIpc) is 3.01. The first-order valence-corrected chi connectivity index (χ1v) is 10.0. The molecule has 8 heteroatoms. The number of carbonyl (C=O) groups is 1. The van der Waals surface area contributed by atoms with Crippen molar-refractivity contribution in [3.8, 4) is 0 Å². The van der Waals surface area contributed by atoms with Gasteiger partial charge in [0.25, 0.3) is 0 Å². The molecule has 0 spiro atoms. The van der Waals surface area contributed by atoms with Crippen molar-refractivity contribution in [2.45, 2.75) is 25.4 Å². The summed E-state index contributed by atoms with van der Waals surface area (Å²) in [5.74, 6) is 0.288. The molecule has 2 aromatic heterocycles. The second kappa shape index (κ2) is 8.78. The summed E-state index contributed by atoms with van der Waals surface area (Å²) in [7, 11) is 0. The summed E-state index contributed by atoms with van der Waals surface area (Å²) >= 11 is 13.5. The van der Waals surface area contributed by atoms with Crippen LogP contribution in [-0.2, 0) is 11.2 Å². The number of H-pyrrole nitrogens is 1. The van der Waals surface area contributed by atoms with E-state index in [-0.39, 0.29) is 11.7 Å². The number of imidazole rings is 1. The molecule has 0 radical (unpaired) electrons. The number of hydrogen-bond donors (Lipinski definition) is 2. The van der Waals surface area contributed by atoms with E-state index in [1.807, 2.05) is 25.1 Å². The standard InChI is InChI=1S/C19H18Cl2N4OS/c1-11-14(20)9-22-18(17(11)21)25-16(26)10-27-19-23-12(2)15(24-19)8-13-6-4-3-5-7-13/h3-7,9H,8,10H2,1-2H3,(H,23,24)(H,22,25,26). The van der Waals surface area contributed by atoms with Crippen LogP contribution in [0.2, 0.25) is 10.0 Å². The Labute approximate surface area is 171 Å². The SMILES string of the molecule is Cc1[nH]c(SCC(=O)Nc2ncc(Cl)c(C)c2Cl)nc1Cc1ccccc1. The fourth-order valence-corrected chi connectivity index (χ4v) is 3.57. The number of benzene rings is 1. The molecule has 27 heavy (non-hydrogen) atoms. The fraction of sp³-hybridized carbons (Fsp3) is 0.211. The second-order valence-corrected chi connectivity index (χ2v) is 7.76. The monoisotopic (exact) mass is 420 g/mol. The molecule has 3 aromatic rings. The molecule has 2 heterocycles. The molecule has 0 unspecified atom stereocenters. The van der Waals surface area contributed by atoms with Crippen molar-refractivity contribution in [2.24, 2.45) is 0 Å². The van der Waals surface area contributed by atoms with Crippen molar-refractivity contribution in [2.75, 3.05) is 11.1 Å². The third-order valence-corrected chi connectivity index (χ3v) is 5.70. The summed E-state index contributed by atoms with van der Waals surface area (Å²) in [5, 5.41) is 4.22. The molecule has 0 aliphatic carbocycles. The van der Waals surface area contributed by atoms with Crippen molar-refractivity contribution >= 4 is 46.7 Å². The first-order valence-electron chi connectivity index (χ1n) is 8.26. The maximum Gasteiger partial charge on any atom is 0.236 e. The highest BCUT2D eigenvalue weighted by Gasteiger charge is 2.13. The van der Waals surface area contributed by atoms with Crippen molar-refractivity contribution in [3.05, 3.63) is 69.1 Å². The Morgan fingerprint density at radius 1 is 1.22 bits per heavy atom. The number of nitrogens with zero attached hydrogens (tertiary/aromatic N) is 2. The number of anilines is 1. The van der Waals surface area contributed by atoms with Gasteiger partial charge in [0.15, 0.2) is 11.0 Å². The highest BCUT2D eigenvalue weighted by molar-refractivity contribution is 7.99. The van der Waals surface area contributed by atoms with Crippen LogP contribution in [0.3, 0.4) is 0 Å². The Bertz CT molecular complexity index is 960. The average molecular weight is 421 g/mol. The molecular weight excluding hydrogens is 403 g/mol. The fourth-order valence-electron chi connectivity index (χ4n) is 2.44. The minimum Gasteiger partial charge on any atom is -0.337 e. The van der Waals surface area contributed by atoms with Gasteiger partial charge in [0, 0.05) is 18.3 Å². The quantitative estimate of drug-likeness (QED) is 0.547. The zero-order valence-electron chi connectivity index (χ0n) is 14.8. The topological polar surface area (TPSA) is 70.7 Å². The molecule has 0 aliphatic heterocycles. The summed E-state index contributed by atoms with van der Waals surface area (Å²) in [4.78, 5) is 24.1. The number of aromatic amines is 1. The lowest BCUT2D eigenvalue weighted by Gasteiger charge is -2.08. The van der Waals surface area contributed by atoms with Crippen LogP contribution in [0, 0.1) is 13.8 Å². The third kappa shape index (κ3) is 5.03. The van der Waals surface area contributed by atoms with E-state index in [0.717, 1.165) is 17.8 Å². The van der Waals surface area contributed by atoms with E-state index in [9.17, 15) is 4.79 Å². The van der Waals surface area contributed by atoms with Crippen LogP contribution in [0.4, 0.5) is 5.82 Å². The maximum absolute atomic E-state index is 12.2. The summed E-state index contributed by atoms with van der Waals surface area (Å²) in [6.45, 7) is 3.76. The van der Waals surface area contributed by atoms with Gasteiger partial charge in [-0.1, -0.05) is 65.3 Å². The molecule has 1 amide bonds. The zero-order valence-corrected chi connectivity index (χ0v) is 17.2. The van der Waals surface area contributed by atoms with Gasteiger partial charge in [-0.2, -0.15) is 0 Å². The van der Waals surface area contributed by atoms with Crippen molar-refractivity contribution in [1.29, 1.82) is 0 Å². The molecule has 0 fully saturated rings. The Hall–Kier alpha value is -2.02. The van der Waals surface area contributed by atoms with E-state index >= 15 is 0 Å². The predicted molar refractivity (Wildman–Crippen MR) is 111 cm³/mol. The highest BCUT2D eigenvalue weighted by atomic mass is 35.5. The lowest BCUT2D eigenvalue weighted by molar-refractivity contribution is -0.113. The molecule has 0 saturated carbocycles. The van der Waals surface area contributed by atoms with Gasteiger partial charge in [-0.3, -0.25) is 4.79 Å². The molecule has 0 atom stereocenters. The number of aryl methyl sites for hydroxylation is 1. The molecule has 1 aromatic carbocycles. The molecule has 0 saturated heterocycles. The van der Waals surface area contributed by atoms with E-state index in [4.69, 9.17) is 23.2 Å². The van der Waals surface area contributed by atoms with Crippen molar-refractivity contribution < 1.29 is 4.79 Å². The number of nitrogens with one attached hydrogen (secondary N) is 2. The highest BCUT2D eigenvalue weighted by Crippen LogP contribution is 2.28. The van der Waals surface area contributed by atoms with Gasteiger partial charge in [-0.15, -0.1) is 0 Å². The molecule has 3 rings (SSSR count). The normalized spacial score (nSPS) is 10.8. The zero-order chi connectivity index (χ0) is 19.4. The molecule has 140 valence electrons. The Kier molecular flexibility index (Phi) is 6.42. The van der Waals surface area contributed by atoms with Crippen LogP contribution in [0.1, 0.15) is 22.5 Å². The molecule has 2 N–H and O–H groups in total. The summed E-state index contributed by atoms with van der Waals surface area (Å²) in [6.07, 6.45) is 2.22. The first-order chi connectivity index (χ1) is 12.9. The number of hydrogen-bond acceptors (Lipinski definition) is 4. The predicted octanol–water partition coefficient (Wildman–Crippen LogP) is 5.05. The molecule has 5 nitrogen and oxygen atoms in total. The smallest absolute Gasteiger partial charge is 0.236 e. The lowest BCUT2D eigenvalue weighted by atomic mass is 10.1. The first kappa shape index (κ1) is 19.7. The van der Waals surface area contributed by atoms with Gasteiger partial charge >= 0.3 is 0 Å². The Morgan fingerprint density at radius 3 is 2.70 bits per heavy atom. The molecule has 0 aliphatic rings. The number of thioether (sulfide) groups is 1. The number of halogens is 2.